The van der Waals surface area contributed by atoms with E-state index >= 15 is 0 Å². The molecule has 4 rings (SSSR count). The molecule has 3 aromatic rings. The van der Waals surface area contributed by atoms with Crippen LogP contribution in [0.2, 0.25) is 0 Å². The number of benzene rings is 1. The molecule has 3 heterocycles. The van der Waals surface area contributed by atoms with Gasteiger partial charge in [-0.05, 0) is 36.2 Å². The van der Waals surface area contributed by atoms with E-state index in [0.717, 1.165) is 23.6 Å². The topological polar surface area (TPSA) is 71.8 Å². The van der Waals surface area contributed by atoms with E-state index in [1.165, 1.54) is 5.56 Å². The summed E-state index contributed by atoms with van der Waals surface area (Å²) in [5.41, 5.74) is 2.01. The van der Waals surface area contributed by atoms with Crippen LogP contribution in [0.3, 0.4) is 0 Å². The first-order valence-corrected chi connectivity index (χ1v) is 8.70. The molecular weight excluding hydrogens is 330 g/mol. The van der Waals surface area contributed by atoms with Crippen LogP contribution in [-0.4, -0.2) is 52.3 Å². The zero-order valence-corrected chi connectivity index (χ0v) is 14.6. The number of carbonyl (C=O) groups is 1. The van der Waals surface area contributed by atoms with Crippen molar-refractivity contribution in [1.29, 1.82) is 0 Å². The number of nitrogens with one attached hydrogen (secondary N) is 1. The number of hydrogen-bond acceptors (Lipinski definition) is 4. The average Bonchev–Trinajstić information content (AvgIpc) is 3.05. The lowest BCUT2D eigenvalue weighted by Gasteiger charge is -2.38. The van der Waals surface area contributed by atoms with Gasteiger partial charge in [0.15, 0.2) is 5.65 Å². The Morgan fingerprint density at radius 1 is 1.19 bits per heavy atom. The van der Waals surface area contributed by atoms with Crippen LogP contribution in [0.15, 0.2) is 48.7 Å². The molecule has 1 aliphatic heterocycles. The van der Waals surface area contributed by atoms with E-state index in [2.05, 4.69) is 15.5 Å². The van der Waals surface area contributed by atoms with E-state index in [-0.39, 0.29) is 11.9 Å². The third-order valence-electron chi connectivity index (χ3n) is 4.72. The van der Waals surface area contributed by atoms with Gasteiger partial charge in [-0.1, -0.05) is 18.2 Å². The smallest absolute Gasteiger partial charge is 0.317 e. The van der Waals surface area contributed by atoms with Crippen molar-refractivity contribution in [3.63, 3.8) is 0 Å². The predicted octanol–water partition coefficient (Wildman–Crippen LogP) is 2.09. The van der Waals surface area contributed by atoms with Gasteiger partial charge in [-0.15, -0.1) is 10.2 Å². The number of methoxy groups -OCH3 is 1. The van der Waals surface area contributed by atoms with E-state index in [1.807, 2.05) is 58.0 Å². The Kier molecular flexibility index (Phi) is 4.43. The van der Waals surface area contributed by atoms with Crippen molar-refractivity contribution in [2.75, 3.05) is 26.7 Å². The third kappa shape index (κ3) is 3.20. The number of aromatic nitrogens is 3. The molecule has 134 valence electrons. The Hall–Kier alpha value is -3.09. The molecule has 26 heavy (non-hydrogen) atoms. The maximum Gasteiger partial charge on any atom is 0.317 e. The van der Waals surface area contributed by atoms with Gasteiger partial charge in [0.2, 0.25) is 0 Å². The van der Waals surface area contributed by atoms with Gasteiger partial charge < -0.3 is 15.0 Å². The quantitative estimate of drug-likeness (QED) is 0.764. The van der Waals surface area contributed by atoms with Crippen molar-refractivity contribution in [2.45, 2.75) is 12.3 Å². The molecule has 7 heteroatoms. The molecule has 0 saturated carbocycles. The molecule has 1 saturated heterocycles. The second-order valence-corrected chi connectivity index (χ2v) is 6.42. The van der Waals surface area contributed by atoms with Crippen molar-refractivity contribution in [1.82, 2.24) is 24.8 Å². The number of hydrogen-bond donors (Lipinski definition) is 1. The van der Waals surface area contributed by atoms with E-state index in [0.29, 0.717) is 19.6 Å². The molecule has 0 aliphatic carbocycles. The molecule has 2 aromatic heterocycles. The average molecular weight is 351 g/mol. The highest BCUT2D eigenvalue weighted by molar-refractivity contribution is 5.75. The highest BCUT2D eigenvalue weighted by Crippen LogP contribution is 2.25. The molecule has 0 unspecified atom stereocenters. The number of carbonyl (C=O) groups excluding carboxylic acids is 1. The number of ether oxygens (including phenoxy) is 1. The van der Waals surface area contributed by atoms with Crippen LogP contribution in [0.4, 0.5) is 4.79 Å². The van der Waals surface area contributed by atoms with Gasteiger partial charge in [0, 0.05) is 25.8 Å². The molecule has 1 fully saturated rings. The van der Waals surface area contributed by atoms with Gasteiger partial charge in [-0.25, -0.2) is 4.79 Å². The summed E-state index contributed by atoms with van der Waals surface area (Å²) in [5, 5.41) is 11.4. The zero-order valence-electron chi connectivity index (χ0n) is 14.6. The Balaban J connectivity index is 1.25. The molecule has 2 amide bonds. The van der Waals surface area contributed by atoms with Crippen molar-refractivity contribution in [3.05, 3.63) is 60.0 Å². The monoisotopic (exact) mass is 351 g/mol. The summed E-state index contributed by atoms with van der Waals surface area (Å²) >= 11 is 0. The fraction of sp³-hybridized carbons (Fsp3) is 0.316. The maximum atomic E-state index is 12.2. The summed E-state index contributed by atoms with van der Waals surface area (Å²) < 4.78 is 7.13. The van der Waals surface area contributed by atoms with Crippen LogP contribution in [0.1, 0.15) is 17.3 Å². The van der Waals surface area contributed by atoms with E-state index in [9.17, 15) is 4.79 Å². The molecule has 1 aromatic carbocycles. The number of pyridine rings is 1. The highest BCUT2D eigenvalue weighted by atomic mass is 16.5. The van der Waals surface area contributed by atoms with Crippen LogP contribution >= 0.6 is 0 Å². The Bertz CT molecular complexity index is 900. The summed E-state index contributed by atoms with van der Waals surface area (Å²) in [7, 11) is 1.65. The third-order valence-corrected chi connectivity index (χ3v) is 4.72. The minimum atomic E-state index is -0.0245. The van der Waals surface area contributed by atoms with Crippen LogP contribution in [-0.2, 0) is 6.42 Å². The lowest BCUT2D eigenvalue weighted by atomic mass is 10.00. The van der Waals surface area contributed by atoms with Crippen molar-refractivity contribution >= 4 is 11.7 Å². The second-order valence-electron chi connectivity index (χ2n) is 6.42. The van der Waals surface area contributed by atoms with Gasteiger partial charge in [-0.3, -0.25) is 4.40 Å². The SMILES string of the molecule is COc1ccc(CCNC(=O)N2CC(c3nnc4ccccn34)C2)cc1. The minimum absolute atomic E-state index is 0.0245. The first-order chi connectivity index (χ1) is 12.7. The molecule has 0 atom stereocenters. The number of rotatable bonds is 5. The second kappa shape index (κ2) is 7.03. The highest BCUT2D eigenvalue weighted by Gasteiger charge is 2.34. The fourth-order valence-electron chi connectivity index (χ4n) is 3.16. The molecule has 7 nitrogen and oxygen atoms in total. The molecule has 0 bridgehead atoms. The summed E-state index contributed by atoms with van der Waals surface area (Å²) in [5.74, 6) is 1.99. The van der Waals surface area contributed by atoms with Crippen molar-refractivity contribution in [3.8, 4) is 5.75 Å². The Morgan fingerprint density at radius 3 is 2.77 bits per heavy atom. The van der Waals surface area contributed by atoms with Gasteiger partial charge in [0.1, 0.15) is 11.6 Å². The number of likely N-dealkylation sites (tertiary alicyclic amines) is 1. The van der Waals surface area contributed by atoms with E-state index in [1.54, 1.807) is 7.11 Å². The first kappa shape index (κ1) is 16.4. The number of nitrogens with zero attached hydrogens (tertiary/aromatic N) is 4. The summed E-state index contributed by atoms with van der Waals surface area (Å²) in [4.78, 5) is 14.1. The number of urea groups is 1. The lowest BCUT2D eigenvalue weighted by Crippen LogP contribution is -2.53. The van der Waals surface area contributed by atoms with Crippen LogP contribution in [0, 0.1) is 0 Å². The standard InChI is InChI=1S/C19H21N5O2/c1-26-16-7-5-14(6-8-16)9-10-20-19(25)23-12-15(13-23)18-22-21-17-4-2-3-11-24(17)18/h2-8,11,15H,9-10,12-13H2,1H3,(H,20,25). The van der Waals surface area contributed by atoms with Crippen LogP contribution in [0.25, 0.3) is 5.65 Å². The molecule has 0 radical (unpaired) electrons. The van der Waals surface area contributed by atoms with Gasteiger partial charge in [-0.2, -0.15) is 0 Å². The fourth-order valence-corrected chi connectivity index (χ4v) is 3.16. The molecule has 0 spiro atoms. The van der Waals surface area contributed by atoms with Crippen molar-refractivity contribution in [2.24, 2.45) is 0 Å². The van der Waals surface area contributed by atoms with E-state index < -0.39 is 0 Å². The normalized spacial score (nSPS) is 14.3. The minimum Gasteiger partial charge on any atom is -0.497 e. The lowest BCUT2D eigenvalue weighted by molar-refractivity contribution is 0.148. The number of fused-ring (bicyclic) bond motifs is 1. The summed E-state index contributed by atoms with van der Waals surface area (Å²) in [6.07, 6.45) is 2.75. The Labute approximate surface area is 151 Å². The largest absolute Gasteiger partial charge is 0.497 e. The Morgan fingerprint density at radius 2 is 2.00 bits per heavy atom. The van der Waals surface area contributed by atoms with E-state index in [4.69, 9.17) is 4.74 Å². The predicted molar refractivity (Wildman–Crippen MR) is 97.4 cm³/mol. The molecule has 1 aliphatic rings. The van der Waals surface area contributed by atoms with Crippen LogP contribution < -0.4 is 10.1 Å². The first-order valence-electron chi connectivity index (χ1n) is 8.70. The summed E-state index contributed by atoms with van der Waals surface area (Å²) in [6.45, 7) is 1.95. The van der Waals surface area contributed by atoms with Crippen LogP contribution in [0.5, 0.6) is 5.75 Å². The summed E-state index contributed by atoms with van der Waals surface area (Å²) in [6, 6.07) is 13.7. The zero-order chi connectivity index (χ0) is 17.9. The molecular formula is C19H21N5O2. The molecule has 1 N–H and O–H groups in total. The van der Waals surface area contributed by atoms with Gasteiger partial charge in [0.05, 0.1) is 13.0 Å². The maximum absolute atomic E-state index is 12.2. The van der Waals surface area contributed by atoms with Crippen molar-refractivity contribution < 1.29 is 9.53 Å². The van der Waals surface area contributed by atoms with Gasteiger partial charge >= 0.3 is 6.03 Å². The van der Waals surface area contributed by atoms with Gasteiger partial charge in [0.25, 0.3) is 0 Å². The number of amides is 2.